The molecule has 1 N–H and O–H groups in total. The van der Waals surface area contributed by atoms with Crippen molar-refractivity contribution >= 4 is 0 Å². The van der Waals surface area contributed by atoms with Crippen LogP contribution in [-0.2, 0) is 4.74 Å². The quantitative estimate of drug-likeness (QED) is 0.624. The maximum Gasteiger partial charge on any atom is 0.0702 e. The van der Waals surface area contributed by atoms with Crippen molar-refractivity contribution in [3.8, 4) is 0 Å². The second-order valence-electron chi connectivity index (χ2n) is 5.49. The van der Waals surface area contributed by atoms with E-state index in [-0.39, 0.29) is 0 Å². The number of ether oxygens (including phenoxy) is 1. The fraction of sp³-hybridized carbons (Fsp3) is 1.00. The normalized spacial score (nSPS) is 21.7. The zero-order chi connectivity index (χ0) is 13.2. The maximum absolute atomic E-state index is 5.85. The Labute approximate surface area is 113 Å². The van der Waals surface area contributed by atoms with Gasteiger partial charge in [-0.2, -0.15) is 0 Å². The summed E-state index contributed by atoms with van der Waals surface area (Å²) in [6.07, 6.45) is 4.12. The van der Waals surface area contributed by atoms with E-state index in [0.717, 1.165) is 45.8 Å². The number of rotatable bonds is 9. The van der Waals surface area contributed by atoms with Crippen molar-refractivity contribution in [1.82, 2.24) is 15.1 Å². The van der Waals surface area contributed by atoms with Crippen LogP contribution in [-0.4, -0.2) is 75.9 Å². The molecule has 1 atom stereocenters. The minimum Gasteiger partial charge on any atom is -0.377 e. The molecule has 1 aliphatic rings. The summed E-state index contributed by atoms with van der Waals surface area (Å²) in [5, 5.41) is 3.50. The Morgan fingerprint density at radius 1 is 1.33 bits per heavy atom. The predicted octanol–water partition coefficient (Wildman–Crippen LogP) is 1.03. The summed E-state index contributed by atoms with van der Waals surface area (Å²) in [5.74, 6) is 0. The van der Waals surface area contributed by atoms with E-state index in [2.05, 4.69) is 36.1 Å². The van der Waals surface area contributed by atoms with Crippen LogP contribution in [0.1, 0.15) is 26.2 Å². The highest BCUT2D eigenvalue weighted by Gasteiger charge is 2.19. The van der Waals surface area contributed by atoms with Gasteiger partial charge in [0.1, 0.15) is 0 Å². The topological polar surface area (TPSA) is 27.7 Å². The van der Waals surface area contributed by atoms with E-state index in [4.69, 9.17) is 4.74 Å². The molecule has 18 heavy (non-hydrogen) atoms. The van der Waals surface area contributed by atoms with Crippen molar-refractivity contribution in [3.63, 3.8) is 0 Å². The van der Waals surface area contributed by atoms with Crippen LogP contribution in [0.4, 0.5) is 0 Å². The van der Waals surface area contributed by atoms with Crippen LogP contribution >= 0.6 is 0 Å². The molecular formula is C14H31N3O. The van der Waals surface area contributed by atoms with Crippen molar-refractivity contribution in [2.24, 2.45) is 0 Å². The summed E-state index contributed by atoms with van der Waals surface area (Å²) in [5.41, 5.74) is 0. The van der Waals surface area contributed by atoms with Crippen molar-refractivity contribution in [3.05, 3.63) is 0 Å². The maximum atomic E-state index is 5.85. The van der Waals surface area contributed by atoms with Gasteiger partial charge in [0.15, 0.2) is 0 Å². The zero-order valence-corrected chi connectivity index (χ0v) is 12.5. The number of likely N-dealkylation sites (N-methyl/N-ethyl adjacent to an activating group) is 1. The van der Waals surface area contributed by atoms with Crippen LogP contribution in [0.2, 0.25) is 0 Å². The van der Waals surface area contributed by atoms with E-state index in [9.17, 15) is 0 Å². The van der Waals surface area contributed by atoms with Crippen LogP contribution in [0.15, 0.2) is 0 Å². The summed E-state index contributed by atoms with van der Waals surface area (Å²) < 4.78 is 5.85. The number of piperidine rings is 1. The Hall–Kier alpha value is -0.160. The molecule has 1 heterocycles. The molecule has 0 spiro atoms. The number of likely N-dealkylation sites (tertiary alicyclic amines) is 1. The van der Waals surface area contributed by atoms with Crippen molar-refractivity contribution in [2.45, 2.75) is 32.3 Å². The summed E-state index contributed by atoms with van der Waals surface area (Å²) in [6.45, 7) is 9.89. The van der Waals surface area contributed by atoms with E-state index in [0.29, 0.717) is 6.10 Å². The summed E-state index contributed by atoms with van der Waals surface area (Å²) >= 11 is 0. The van der Waals surface area contributed by atoms with Gasteiger partial charge in [0.2, 0.25) is 0 Å². The average Bonchev–Trinajstić information content (AvgIpc) is 2.36. The number of hydrogen-bond donors (Lipinski definition) is 1. The third kappa shape index (κ3) is 7.31. The third-order valence-corrected chi connectivity index (χ3v) is 3.36. The minimum absolute atomic E-state index is 0.473. The molecule has 1 unspecified atom stereocenters. The van der Waals surface area contributed by atoms with Crippen molar-refractivity contribution in [2.75, 3.05) is 60.0 Å². The van der Waals surface area contributed by atoms with E-state index >= 15 is 0 Å². The molecule has 1 saturated heterocycles. The molecule has 0 aromatic heterocycles. The number of nitrogens with one attached hydrogen (secondary N) is 1. The van der Waals surface area contributed by atoms with Crippen LogP contribution in [0.5, 0.6) is 0 Å². The molecule has 0 aliphatic carbocycles. The molecule has 0 aromatic rings. The van der Waals surface area contributed by atoms with Gasteiger partial charge < -0.3 is 15.0 Å². The molecule has 108 valence electrons. The lowest BCUT2D eigenvalue weighted by molar-refractivity contribution is 0.000369. The first-order valence-electron chi connectivity index (χ1n) is 7.41. The number of hydrogen-bond acceptors (Lipinski definition) is 4. The summed E-state index contributed by atoms with van der Waals surface area (Å²) in [7, 11) is 4.23. The highest BCUT2D eigenvalue weighted by Crippen LogP contribution is 2.12. The average molecular weight is 257 g/mol. The Morgan fingerprint density at radius 2 is 2.17 bits per heavy atom. The van der Waals surface area contributed by atoms with Gasteiger partial charge >= 0.3 is 0 Å². The lowest BCUT2D eigenvalue weighted by Gasteiger charge is -2.32. The second-order valence-corrected chi connectivity index (χ2v) is 5.49. The van der Waals surface area contributed by atoms with Gasteiger partial charge in [-0.25, -0.2) is 0 Å². The lowest BCUT2D eigenvalue weighted by Crippen LogP contribution is -2.43. The standard InChI is InChI=1S/C14H31N3O/c1-4-12-18-14-6-5-9-17(13-14)11-8-15-7-10-16(2)3/h14-15H,4-13H2,1-3H3. The Kier molecular flexibility index (Phi) is 8.59. The lowest BCUT2D eigenvalue weighted by atomic mass is 10.1. The molecule has 1 aliphatic heterocycles. The smallest absolute Gasteiger partial charge is 0.0702 e. The first-order chi connectivity index (χ1) is 8.72. The molecule has 0 aromatic carbocycles. The van der Waals surface area contributed by atoms with Crippen molar-refractivity contribution in [1.29, 1.82) is 0 Å². The first kappa shape index (κ1) is 15.9. The molecule has 0 bridgehead atoms. The van der Waals surface area contributed by atoms with Gasteiger partial charge in [0, 0.05) is 39.3 Å². The first-order valence-corrected chi connectivity index (χ1v) is 7.41. The molecule has 4 nitrogen and oxygen atoms in total. The second kappa shape index (κ2) is 9.73. The van der Waals surface area contributed by atoms with Gasteiger partial charge in [0.05, 0.1) is 6.10 Å². The minimum atomic E-state index is 0.473. The molecular weight excluding hydrogens is 226 g/mol. The molecule has 4 heteroatoms. The van der Waals surface area contributed by atoms with Crippen LogP contribution in [0.3, 0.4) is 0 Å². The van der Waals surface area contributed by atoms with Gasteiger partial charge in [-0.05, 0) is 39.9 Å². The van der Waals surface area contributed by atoms with E-state index in [1.807, 2.05) is 0 Å². The predicted molar refractivity (Wildman–Crippen MR) is 77.1 cm³/mol. The fourth-order valence-corrected chi connectivity index (χ4v) is 2.30. The largest absolute Gasteiger partial charge is 0.377 e. The fourth-order valence-electron chi connectivity index (χ4n) is 2.30. The summed E-state index contributed by atoms with van der Waals surface area (Å²) in [6, 6.07) is 0. The molecule has 0 saturated carbocycles. The SMILES string of the molecule is CCCOC1CCCN(CCNCCN(C)C)C1. The van der Waals surface area contributed by atoms with Crippen LogP contribution in [0, 0.1) is 0 Å². The number of nitrogens with zero attached hydrogens (tertiary/aromatic N) is 2. The van der Waals surface area contributed by atoms with Gasteiger partial charge in [-0.15, -0.1) is 0 Å². The highest BCUT2D eigenvalue weighted by atomic mass is 16.5. The summed E-state index contributed by atoms with van der Waals surface area (Å²) in [4.78, 5) is 4.75. The van der Waals surface area contributed by atoms with Gasteiger partial charge in [0.25, 0.3) is 0 Å². The van der Waals surface area contributed by atoms with Gasteiger partial charge in [-0.1, -0.05) is 6.92 Å². The van der Waals surface area contributed by atoms with Gasteiger partial charge in [-0.3, -0.25) is 4.90 Å². The van der Waals surface area contributed by atoms with Crippen molar-refractivity contribution < 1.29 is 4.74 Å². The van der Waals surface area contributed by atoms with Crippen LogP contribution in [0.25, 0.3) is 0 Å². The van der Waals surface area contributed by atoms with Crippen LogP contribution < -0.4 is 5.32 Å². The molecule has 1 rings (SSSR count). The highest BCUT2D eigenvalue weighted by molar-refractivity contribution is 4.73. The molecule has 0 amide bonds. The Morgan fingerprint density at radius 3 is 2.89 bits per heavy atom. The molecule has 1 fully saturated rings. The third-order valence-electron chi connectivity index (χ3n) is 3.36. The molecule has 0 radical (unpaired) electrons. The monoisotopic (exact) mass is 257 g/mol. The Bertz CT molecular complexity index is 199. The van der Waals surface area contributed by atoms with E-state index < -0.39 is 0 Å². The van der Waals surface area contributed by atoms with E-state index in [1.54, 1.807) is 0 Å². The van der Waals surface area contributed by atoms with E-state index in [1.165, 1.54) is 19.4 Å². The Balaban J connectivity index is 2.03. The zero-order valence-electron chi connectivity index (χ0n) is 12.5.